The lowest BCUT2D eigenvalue weighted by molar-refractivity contribution is 0.354. The van der Waals surface area contributed by atoms with Crippen molar-refractivity contribution in [2.75, 3.05) is 14.2 Å². The molecule has 3 aromatic rings. The zero-order valence-electron chi connectivity index (χ0n) is 15.4. The number of benzene rings is 1. The third-order valence-corrected chi connectivity index (χ3v) is 4.91. The number of methoxy groups -OCH3 is 2. The Morgan fingerprint density at radius 1 is 1.19 bits per heavy atom. The van der Waals surface area contributed by atoms with E-state index in [1.54, 1.807) is 25.6 Å². The minimum Gasteiger partial charge on any atom is -0.493 e. The van der Waals surface area contributed by atoms with Crippen molar-refractivity contribution in [3.05, 3.63) is 40.0 Å². The highest BCUT2D eigenvalue weighted by molar-refractivity contribution is 7.09. The summed E-state index contributed by atoms with van der Waals surface area (Å²) < 4.78 is 12.5. The van der Waals surface area contributed by atoms with Gasteiger partial charge in [0.25, 0.3) is 0 Å². The van der Waals surface area contributed by atoms with Crippen LogP contribution in [-0.4, -0.2) is 34.0 Å². The molecule has 1 unspecified atom stereocenters. The van der Waals surface area contributed by atoms with E-state index in [1.165, 1.54) is 0 Å². The number of aryl methyl sites for hydroxylation is 2. The number of ether oxygens (including phenoxy) is 2. The van der Waals surface area contributed by atoms with Gasteiger partial charge in [0.05, 0.1) is 19.2 Å². The molecule has 0 aliphatic carbocycles. The summed E-state index contributed by atoms with van der Waals surface area (Å²) in [5.74, 6) is 2.83. The lowest BCUT2D eigenvalue weighted by atomic mass is 10.0. The molecular weight excluding hydrogens is 350 g/mol. The van der Waals surface area contributed by atoms with Crippen LogP contribution in [-0.2, 0) is 13.0 Å². The van der Waals surface area contributed by atoms with Gasteiger partial charge >= 0.3 is 0 Å². The molecule has 0 bridgehead atoms. The molecule has 2 N–H and O–H groups in total. The minimum atomic E-state index is -0.227. The fraction of sp³-hybridized carbons (Fsp3) is 0.389. The molecule has 0 saturated carbocycles. The zero-order valence-corrected chi connectivity index (χ0v) is 16.2. The molecule has 2 heterocycles. The summed E-state index contributed by atoms with van der Waals surface area (Å²) in [6, 6.07) is 5.49. The topological polar surface area (TPSA) is 88.1 Å². The van der Waals surface area contributed by atoms with E-state index in [9.17, 15) is 0 Å². The van der Waals surface area contributed by atoms with Gasteiger partial charge in [-0.05, 0) is 31.5 Å². The summed E-state index contributed by atoms with van der Waals surface area (Å²) in [7, 11) is 3.23. The van der Waals surface area contributed by atoms with Crippen molar-refractivity contribution < 1.29 is 9.47 Å². The number of hydrogen-bond acceptors (Lipinski definition) is 7. The van der Waals surface area contributed by atoms with Crippen LogP contribution in [0.2, 0.25) is 0 Å². The van der Waals surface area contributed by atoms with E-state index in [0.717, 1.165) is 28.6 Å². The predicted octanol–water partition coefficient (Wildman–Crippen LogP) is 2.99. The van der Waals surface area contributed by atoms with E-state index >= 15 is 0 Å². The Bertz CT molecular complexity index is 890. The molecule has 0 saturated heterocycles. The normalized spacial score (nSPS) is 12.2. The van der Waals surface area contributed by atoms with Gasteiger partial charge in [0.1, 0.15) is 11.5 Å². The third-order valence-electron chi connectivity index (χ3n) is 4.13. The highest BCUT2D eigenvalue weighted by atomic mass is 32.1. The Hall–Kier alpha value is -2.45. The number of hydrogen-bond donors (Lipinski definition) is 1. The molecule has 0 aliphatic heterocycles. The maximum absolute atomic E-state index is 6.43. The molecule has 138 valence electrons. The van der Waals surface area contributed by atoms with Gasteiger partial charge in [0.2, 0.25) is 5.82 Å². The second-order valence-corrected chi connectivity index (χ2v) is 6.91. The number of aromatic nitrogens is 4. The van der Waals surface area contributed by atoms with Crippen LogP contribution in [0, 0.1) is 6.92 Å². The average molecular weight is 373 g/mol. The summed E-state index contributed by atoms with van der Waals surface area (Å²) in [4.78, 5) is 9.13. The highest BCUT2D eigenvalue weighted by Crippen LogP contribution is 2.30. The number of thiazole rings is 1. The van der Waals surface area contributed by atoms with Gasteiger partial charge in [-0.3, -0.25) is 0 Å². The van der Waals surface area contributed by atoms with Crippen molar-refractivity contribution in [2.45, 2.75) is 32.9 Å². The summed E-state index contributed by atoms with van der Waals surface area (Å²) >= 11 is 1.59. The lowest BCUT2D eigenvalue weighted by Gasteiger charge is -2.15. The minimum absolute atomic E-state index is 0.227. The molecule has 0 aliphatic rings. The molecule has 0 amide bonds. The second kappa shape index (κ2) is 7.84. The Balaban J connectivity index is 1.85. The monoisotopic (exact) mass is 373 g/mol. The first-order chi connectivity index (χ1) is 12.5. The van der Waals surface area contributed by atoms with E-state index in [-0.39, 0.29) is 6.04 Å². The van der Waals surface area contributed by atoms with Crippen molar-refractivity contribution in [2.24, 2.45) is 5.73 Å². The SMILES string of the molecule is CCn1nc(-c2csc(C)n2)nc1CC(N)c1ccc(OC)c(OC)c1. The molecule has 2 aromatic heterocycles. The van der Waals surface area contributed by atoms with Gasteiger partial charge in [-0.25, -0.2) is 14.6 Å². The fourth-order valence-electron chi connectivity index (χ4n) is 2.75. The molecule has 0 fully saturated rings. The molecule has 8 heteroatoms. The van der Waals surface area contributed by atoms with Gasteiger partial charge in [0, 0.05) is 24.4 Å². The summed E-state index contributed by atoms with van der Waals surface area (Å²) in [6.07, 6.45) is 0.569. The Morgan fingerprint density at radius 3 is 2.58 bits per heavy atom. The van der Waals surface area contributed by atoms with E-state index < -0.39 is 0 Å². The van der Waals surface area contributed by atoms with Crippen LogP contribution in [0.5, 0.6) is 11.5 Å². The van der Waals surface area contributed by atoms with Crippen molar-refractivity contribution >= 4 is 11.3 Å². The number of nitrogens with two attached hydrogens (primary N) is 1. The van der Waals surface area contributed by atoms with E-state index in [2.05, 4.69) is 15.1 Å². The summed E-state index contributed by atoms with van der Waals surface area (Å²) in [5, 5.41) is 7.54. The molecule has 0 spiro atoms. The van der Waals surface area contributed by atoms with Gasteiger partial charge in [0.15, 0.2) is 11.5 Å². The van der Waals surface area contributed by atoms with Gasteiger partial charge < -0.3 is 15.2 Å². The molecule has 1 aromatic carbocycles. The van der Waals surface area contributed by atoms with Crippen LogP contribution in [0.15, 0.2) is 23.6 Å². The third kappa shape index (κ3) is 3.71. The van der Waals surface area contributed by atoms with Crippen molar-refractivity contribution in [3.8, 4) is 23.0 Å². The molecule has 7 nitrogen and oxygen atoms in total. The van der Waals surface area contributed by atoms with Crippen molar-refractivity contribution in [1.82, 2.24) is 19.7 Å². The predicted molar refractivity (Wildman–Crippen MR) is 102 cm³/mol. The van der Waals surface area contributed by atoms with E-state index in [0.29, 0.717) is 23.7 Å². The second-order valence-electron chi connectivity index (χ2n) is 5.84. The molecule has 3 rings (SSSR count). The van der Waals surface area contributed by atoms with Crippen LogP contribution in [0.3, 0.4) is 0 Å². The Labute approximate surface area is 156 Å². The first-order valence-corrected chi connectivity index (χ1v) is 9.27. The maximum Gasteiger partial charge on any atom is 0.200 e. The van der Waals surface area contributed by atoms with Gasteiger partial charge in [-0.1, -0.05) is 6.07 Å². The standard InChI is InChI=1S/C18H23N5O2S/c1-5-23-17(21-18(22-23)14-10-26-11(2)20-14)9-13(19)12-6-7-15(24-3)16(8-12)25-4/h6-8,10,13H,5,9,19H2,1-4H3. The van der Waals surface area contributed by atoms with Crippen LogP contribution in [0.25, 0.3) is 11.5 Å². The maximum atomic E-state index is 6.43. The quantitative estimate of drug-likeness (QED) is 0.685. The van der Waals surface area contributed by atoms with Crippen LogP contribution < -0.4 is 15.2 Å². The molecular formula is C18H23N5O2S. The fourth-order valence-corrected chi connectivity index (χ4v) is 3.34. The highest BCUT2D eigenvalue weighted by Gasteiger charge is 2.17. The largest absolute Gasteiger partial charge is 0.493 e. The first kappa shape index (κ1) is 18.3. The average Bonchev–Trinajstić information content (AvgIpc) is 3.26. The first-order valence-electron chi connectivity index (χ1n) is 8.39. The molecule has 0 radical (unpaired) electrons. The smallest absolute Gasteiger partial charge is 0.200 e. The number of rotatable bonds is 7. The van der Waals surface area contributed by atoms with Crippen molar-refractivity contribution in [1.29, 1.82) is 0 Å². The number of nitrogens with zero attached hydrogens (tertiary/aromatic N) is 4. The van der Waals surface area contributed by atoms with E-state index in [1.807, 2.05) is 42.1 Å². The van der Waals surface area contributed by atoms with Gasteiger partial charge in [-0.15, -0.1) is 16.4 Å². The van der Waals surface area contributed by atoms with Crippen molar-refractivity contribution in [3.63, 3.8) is 0 Å². The lowest BCUT2D eigenvalue weighted by Crippen LogP contribution is -2.17. The Kier molecular flexibility index (Phi) is 5.53. The molecule has 1 atom stereocenters. The van der Waals surface area contributed by atoms with Gasteiger partial charge in [-0.2, -0.15) is 0 Å². The van der Waals surface area contributed by atoms with Crippen LogP contribution in [0.1, 0.15) is 29.4 Å². The van der Waals surface area contributed by atoms with E-state index in [4.69, 9.17) is 15.2 Å². The Morgan fingerprint density at radius 2 is 1.96 bits per heavy atom. The zero-order chi connectivity index (χ0) is 18.7. The van der Waals surface area contributed by atoms with Crippen LogP contribution in [0.4, 0.5) is 0 Å². The van der Waals surface area contributed by atoms with Crippen LogP contribution >= 0.6 is 11.3 Å². The molecule has 26 heavy (non-hydrogen) atoms. The summed E-state index contributed by atoms with van der Waals surface area (Å²) in [6.45, 7) is 4.74. The summed E-state index contributed by atoms with van der Waals surface area (Å²) in [5.41, 5.74) is 8.19.